The van der Waals surface area contributed by atoms with Gasteiger partial charge >= 0.3 is 5.97 Å². The molecule has 0 unspecified atom stereocenters. The number of furan rings is 1. The van der Waals surface area contributed by atoms with E-state index in [1.54, 1.807) is 19.2 Å². The van der Waals surface area contributed by atoms with Gasteiger partial charge in [-0.05, 0) is 13.0 Å². The van der Waals surface area contributed by atoms with Gasteiger partial charge in [0.05, 0.1) is 6.54 Å². The number of imidazole rings is 1. The Hall–Kier alpha value is -2.04. The van der Waals surface area contributed by atoms with Crippen LogP contribution >= 0.6 is 0 Å². The van der Waals surface area contributed by atoms with Crippen LogP contribution < -0.4 is 0 Å². The van der Waals surface area contributed by atoms with Crippen LogP contribution in [0.15, 0.2) is 22.9 Å². The predicted molar refractivity (Wildman–Crippen MR) is 65.8 cm³/mol. The molecule has 5 nitrogen and oxygen atoms in total. The summed E-state index contributed by atoms with van der Waals surface area (Å²) in [6, 6.07) is 1.57. The lowest BCUT2D eigenvalue weighted by Crippen LogP contribution is -2.05. The predicted octanol–water partition coefficient (Wildman–Crippen LogP) is 2.65. The third-order valence-electron chi connectivity index (χ3n) is 2.79. The fraction of sp³-hybridized carbons (Fsp3) is 0.385. The van der Waals surface area contributed by atoms with E-state index in [-0.39, 0.29) is 5.56 Å². The molecule has 0 saturated heterocycles. The molecule has 2 aromatic heterocycles. The summed E-state index contributed by atoms with van der Waals surface area (Å²) in [5, 5.41) is 8.97. The molecule has 0 aliphatic rings. The van der Waals surface area contributed by atoms with Crippen molar-refractivity contribution in [1.82, 2.24) is 9.55 Å². The maximum atomic E-state index is 10.9. The van der Waals surface area contributed by atoms with Crippen LogP contribution in [0.25, 0.3) is 0 Å². The van der Waals surface area contributed by atoms with Crippen LogP contribution in [0.3, 0.4) is 0 Å². The van der Waals surface area contributed by atoms with Gasteiger partial charge < -0.3 is 14.1 Å². The number of aryl methyl sites for hydroxylation is 1. The average Bonchev–Trinajstić information content (AvgIpc) is 2.85. The van der Waals surface area contributed by atoms with Crippen molar-refractivity contribution in [2.75, 3.05) is 0 Å². The molecule has 0 amide bonds. The first-order valence-corrected chi connectivity index (χ1v) is 5.82. The molecule has 2 aromatic rings. The number of carboxylic acids is 1. The Morgan fingerprint density at radius 2 is 2.28 bits per heavy atom. The maximum absolute atomic E-state index is 10.9. The molecule has 0 aliphatic carbocycles. The molecule has 2 rings (SSSR count). The number of rotatable bonds is 4. The lowest BCUT2D eigenvalue weighted by molar-refractivity contribution is 0.0695. The highest BCUT2D eigenvalue weighted by molar-refractivity contribution is 5.88. The fourth-order valence-electron chi connectivity index (χ4n) is 1.96. The standard InChI is InChI=1S/C13H16N2O3/c1-8(2)12-14-4-5-15(12)7-10-6-11(13(16)17)9(3)18-10/h4-6,8H,7H2,1-3H3,(H,16,17). The molecule has 0 spiro atoms. The number of hydrogen-bond acceptors (Lipinski definition) is 3. The van der Waals surface area contributed by atoms with Crippen molar-refractivity contribution < 1.29 is 14.3 Å². The first-order chi connectivity index (χ1) is 8.49. The molecule has 1 N–H and O–H groups in total. The lowest BCUT2D eigenvalue weighted by Gasteiger charge is -2.08. The molecule has 0 radical (unpaired) electrons. The van der Waals surface area contributed by atoms with E-state index >= 15 is 0 Å². The molecule has 0 aliphatic heterocycles. The normalized spacial score (nSPS) is 11.1. The van der Waals surface area contributed by atoms with Crippen LogP contribution in [0, 0.1) is 6.92 Å². The molecule has 0 fully saturated rings. The molecule has 0 bridgehead atoms. The highest BCUT2D eigenvalue weighted by atomic mass is 16.4. The van der Waals surface area contributed by atoms with E-state index in [4.69, 9.17) is 9.52 Å². The molecular weight excluding hydrogens is 232 g/mol. The van der Waals surface area contributed by atoms with Crippen molar-refractivity contribution >= 4 is 5.97 Å². The Morgan fingerprint density at radius 1 is 1.56 bits per heavy atom. The molecule has 2 heterocycles. The first kappa shape index (κ1) is 12.4. The quantitative estimate of drug-likeness (QED) is 0.903. The topological polar surface area (TPSA) is 68.3 Å². The minimum atomic E-state index is -0.961. The second-order valence-corrected chi connectivity index (χ2v) is 4.56. The van der Waals surface area contributed by atoms with Crippen molar-refractivity contribution in [2.24, 2.45) is 0 Å². The number of carbonyl (C=O) groups is 1. The number of hydrogen-bond donors (Lipinski definition) is 1. The Morgan fingerprint density at radius 3 is 2.83 bits per heavy atom. The average molecular weight is 248 g/mol. The second-order valence-electron chi connectivity index (χ2n) is 4.56. The van der Waals surface area contributed by atoms with E-state index < -0.39 is 5.97 Å². The molecule has 0 aromatic carbocycles. The number of aromatic carboxylic acids is 1. The Kier molecular flexibility index (Phi) is 3.23. The van der Waals surface area contributed by atoms with Gasteiger partial charge in [0, 0.05) is 18.3 Å². The lowest BCUT2D eigenvalue weighted by atomic mass is 10.2. The minimum Gasteiger partial charge on any atom is -0.478 e. The van der Waals surface area contributed by atoms with E-state index in [1.165, 1.54) is 0 Å². The van der Waals surface area contributed by atoms with Gasteiger partial charge in [-0.3, -0.25) is 0 Å². The summed E-state index contributed by atoms with van der Waals surface area (Å²) in [5.74, 6) is 1.38. The molecule has 0 saturated carbocycles. The van der Waals surface area contributed by atoms with Crippen LogP contribution in [0.2, 0.25) is 0 Å². The zero-order valence-corrected chi connectivity index (χ0v) is 10.7. The molecule has 5 heteroatoms. The minimum absolute atomic E-state index is 0.219. The summed E-state index contributed by atoms with van der Waals surface area (Å²) >= 11 is 0. The number of nitrogens with zero attached hydrogens (tertiary/aromatic N) is 2. The van der Waals surface area contributed by atoms with Gasteiger partial charge in [-0.1, -0.05) is 13.8 Å². The van der Waals surface area contributed by atoms with Gasteiger partial charge in [0.15, 0.2) is 0 Å². The van der Waals surface area contributed by atoms with Crippen LogP contribution in [-0.4, -0.2) is 20.6 Å². The third-order valence-corrected chi connectivity index (χ3v) is 2.79. The van der Waals surface area contributed by atoms with Gasteiger partial charge in [0.2, 0.25) is 0 Å². The highest BCUT2D eigenvalue weighted by Crippen LogP contribution is 2.18. The van der Waals surface area contributed by atoms with Gasteiger partial charge in [0.1, 0.15) is 22.9 Å². The van der Waals surface area contributed by atoms with Gasteiger partial charge in [-0.2, -0.15) is 0 Å². The number of carboxylic acid groups (broad SMARTS) is 1. The molecule has 0 atom stereocenters. The first-order valence-electron chi connectivity index (χ1n) is 5.82. The van der Waals surface area contributed by atoms with Gasteiger partial charge in [-0.15, -0.1) is 0 Å². The molecule has 18 heavy (non-hydrogen) atoms. The smallest absolute Gasteiger partial charge is 0.339 e. The summed E-state index contributed by atoms with van der Waals surface area (Å²) in [6.07, 6.45) is 3.61. The van der Waals surface area contributed by atoms with Crippen LogP contribution in [0.5, 0.6) is 0 Å². The molecular formula is C13H16N2O3. The van der Waals surface area contributed by atoms with Crippen molar-refractivity contribution in [2.45, 2.75) is 33.2 Å². The second kappa shape index (κ2) is 4.68. The van der Waals surface area contributed by atoms with Crippen LogP contribution in [-0.2, 0) is 6.54 Å². The Balaban J connectivity index is 2.26. The highest BCUT2D eigenvalue weighted by Gasteiger charge is 2.15. The maximum Gasteiger partial charge on any atom is 0.339 e. The van der Waals surface area contributed by atoms with Crippen molar-refractivity contribution in [3.8, 4) is 0 Å². The third kappa shape index (κ3) is 2.30. The molecule has 96 valence electrons. The van der Waals surface area contributed by atoms with E-state index in [1.807, 2.05) is 10.8 Å². The Labute approximate surface area is 105 Å². The van der Waals surface area contributed by atoms with Crippen molar-refractivity contribution in [3.63, 3.8) is 0 Å². The zero-order chi connectivity index (χ0) is 13.3. The Bertz CT molecular complexity index is 567. The van der Waals surface area contributed by atoms with Crippen molar-refractivity contribution in [1.29, 1.82) is 0 Å². The summed E-state index contributed by atoms with van der Waals surface area (Å²) in [4.78, 5) is 15.2. The van der Waals surface area contributed by atoms with Crippen LogP contribution in [0.4, 0.5) is 0 Å². The van der Waals surface area contributed by atoms with Gasteiger partial charge in [-0.25, -0.2) is 9.78 Å². The summed E-state index contributed by atoms with van der Waals surface area (Å²) in [6.45, 7) is 6.29. The zero-order valence-electron chi connectivity index (χ0n) is 10.7. The van der Waals surface area contributed by atoms with E-state index in [9.17, 15) is 4.79 Å². The van der Waals surface area contributed by atoms with Crippen molar-refractivity contribution in [3.05, 3.63) is 41.4 Å². The van der Waals surface area contributed by atoms with E-state index in [2.05, 4.69) is 18.8 Å². The monoisotopic (exact) mass is 248 g/mol. The van der Waals surface area contributed by atoms with Crippen LogP contribution in [0.1, 0.15) is 47.5 Å². The SMILES string of the molecule is Cc1oc(Cn2ccnc2C(C)C)cc1C(=O)O. The summed E-state index contributed by atoms with van der Waals surface area (Å²) in [7, 11) is 0. The fourth-order valence-corrected chi connectivity index (χ4v) is 1.96. The largest absolute Gasteiger partial charge is 0.478 e. The van der Waals surface area contributed by atoms with Gasteiger partial charge in [0.25, 0.3) is 0 Å². The summed E-state index contributed by atoms with van der Waals surface area (Å²) in [5.41, 5.74) is 0.219. The van der Waals surface area contributed by atoms with E-state index in [0.29, 0.717) is 24.0 Å². The summed E-state index contributed by atoms with van der Waals surface area (Å²) < 4.78 is 7.42. The number of aromatic nitrogens is 2. The van der Waals surface area contributed by atoms with E-state index in [0.717, 1.165) is 5.82 Å².